The van der Waals surface area contributed by atoms with Crippen LogP contribution in [0.25, 0.3) is 0 Å². The minimum atomic E-state index is -1.10. The SMILES string of the molecule is CCCC1CC(C(=O)OC)(C(=O)OC)C2CCC=CC12. The molecule has 2 rings (SSSR count). The van der Waals surface area contributed by atoms with E-state index in [-0.39, 0.29) is 5.92 Å². The van der Waals surface area contributed by atoms with Crippen molar-refractivity contribution in [2.24, 2.45) is 23.2 Å². The fourth-order valence-electron chi connectivity index (χ4n) is 4.20. The van der Waals surface area contributed by atoms with Crippen LogP contribution in [0.5, 0.6) is 0 Å². The molecule has 0 saturated heterocycles. The molecule has 0 radical (unpaired) electrons. The smallest absolute Gasteiger partial charge is 0.323 e. The number of rotatable bonds is 4. The molecule has 0 amide bonds. The maximum Gasteiger partial charge on any atom is 0.323 e. The van der Waals surface area contributed by atoms with Gasteiger partial charge in [0.1, 0.15) is 0 Å². The van der Waals surface area contributed by atoms with Gasteiger partial charge in [-0.25, -0.2) is 0 Å². The molecule has 2 aliphatic carbocycles. The first-order valence-electron chi connectivity index (χ1n) is 7.45. The van der Waals surface area contributed by atoms with Crippen LogP contribution in [0, 0.1) is 23.2 Å². The lowest BCUT2D eigenvalue weighted by molar-refractivity contribution is -0.173. The van der Waals surface area contributed by atoms with E-state index in [1.807, 2.05) is 0 Å². The third kappa shape index (κ3) is 2.15. The Hall–Kier alpha value is -1.32. The number of methoxy groups -OCH3 is 2. The van der Waals surface area contributed by atoms with Crippen LogP contribution in [0.1, 0.15) is 39.0 Å². The Labute approximate surface area is 120 Å². The zero-order chi connectivity index (χ0) is 14.8. The molecule has 1 saturated carbocycles. The number of hydrogen-bond acceptors (Lipinski definition) is 4. The predicted molar refractivity (Wildman–Crippen MR) is 74.8 cm³/mol. The van der Waals surface area contributed by atoms with Crippen LogP contribution in [-0.2, 0) is 19.1 Å². The van der Waals surface area contributed by atoms with Crippen LogP contribution >= 0.6 is 0 Å². The Morgan fingerprint density at radius 3 is 2.45 bits per heavy atom. The summed E-state index contributed by atoms with van der Waals surface area (Å²) in [5.74, 6) is -0.174. The third-order valence-electron chi connectivity index (χ3n) is 4.99. The topological polar surface area (TPSA) is 52.6 Å². The molecular formula is C16H24O4. The molecule has 1 fully saturated rings. The van der Waals surface area contributed by atoms with Crippen molar-refractivity contribution in [2.75, 3.05) is 14.2 Å². The zero-order valence-electron chi connectivity index (χ0n) is 12.6. The average Bonchev–Trinajstić information content (AvgIpc) is 2.82. The summed E-state index contributed by atoms with van der Waals surface area (Å²) in [5, 5.41) is 0. The number of allylic oxidation sites excluding steroid dienone is 2. The average molecular weight is 280 g/mol. The lowest BCUT2D eigenvalue weighted by atomic mass is 9.71. The van der Waals surface area contributed by atoms with Gasteiger partial charge in [-0.05, 0) is 37.0 Å². The van der Waals surface area contributed by atoms with Crippen LogP contribution in [-0.4, -0.2) is 26.2 Å². The van der Waals surface area contributed by atoms with Crippen molar-refractivity contribution in [3.8, 4) is 0 Å². The van der Waals surface area contributed by atoms with Crippen molar-refractivity contribution in [1.82, 2.24) is 0 Å². The first-order valence-corrected chi connectivity index (χ1v) is 7.45. The lowest BCUT2D eigenvalue weighted by Gasteiger charge is -2.33. The van der Waals surface area contributed by atoms with Gasteiger partial charge in [0.25, 0.3) is 0 Å². The highest BCUT2D eigenvalue weighted by molar-refractivity contribution is 6.01. The molecule has 0 heterocycles. The van der Waals surface area contributed by atoms with Crippen molar-refractivity contribution >= 4 is 11.9 Å². The second kappa shape index (κ2) is 5.98. The highest BCUT2D eigenvalue weighted by Gasteiger charge is 2.62. The molecular weight excluding hydrogens is 256 g/mol. The fraction of sp³-hybridized carbons (Fsp3) is 0.750. The molecule has 0 bridgehead atoms. The molecule has 0 aromatic heterocycles. The quantitative estimate of drug-likeness (QED) is 0.451. The van der Waals surface area contributed by atoms with Gasteiger partial charge in [-0.1, -0.05) is 31.9 Å². The Morgan fingerprint density at radius 1 is 1.25 bits per heavy atom. The van der Waals surface area contributed by atoms with E-state index < -0.39 is 17.4 Å². The van der Waals surface area contributed by atoms with Gasteiger partial charge >= 0.3 is 11.9 Å². The summed E-state index contributed by atoms with van der Waals surface area (Å²) in [6.07, 6.45) is 8.78. The Bertz CT molecular complexity index is 397. The predicted octanol–water partition coefficient (Wildman–Crippen LogP) is 2.72. The van der Waals surface area contributed by atoms with Gasteiger partial charge in [0.15, 0.2) is 5.41 Å². The number of esters is 2. The van der Waals surface area contributed by atoms with Crippen LogP contribution in [0.3, 0.4) is 0 Å². The summed E-state index contributed by atoms with van der Waals surface area (Å²) in [6, 6.07) is 0. The Morgan fingerprint density at radius 2 is 1.90 bits per heavy atom. The molecule has 20 heavy (non-hydrogen) atoms. The van der Waals surface area contributed by atoms with Gasteiger partial charge < -0.3 is 9.47 Å². The van der Waals surface area contributed by atoms with Gasteiger partial charge in [0.2, 0.25) is 0 Å². The molecule has 3 atom stereocenters. The van der Waals surface area contributed by atoms with Crippen molar-refractivity contribution < 1.29 is 19.1 Å². The number of carbonyl (C=O) groups is 2. The van der Waals surface area contributed by atoms with Crippen molar-refractivity contribution in [3.05, 3.63) is 12.2 Å². The highest BCUT2D eigenvalue weighted by atomic mass is 16.5. The van der Waals surface area contributed by atoms with E-state index in [9.17, 15) is 9.59 Å². The fourth-order valence-corrected chi connectivity index (χ4v) is 4.20. The van der Waals surface area contributed by atoms with Gasteiger partial charge in [-0.3, -0.25) is 9.59 Å². The van der Waals surface area contributed by atoms with Gasteiger partial charge in [0.05, 0.1) is 14.2 Å². The van der Waals surface area contributed by atoms with E-state index in [0.717, 1.165) is 25.7 Å². The molecule has 0 aromatic rings. The van der Waals surface area contributed by atoms with Crippen LogP contribution < -0.4 is 0 Å². The van der Waals surface area contributed by atoms with E-state index in [0.29, 0.717) is 18.3 Å². The molecule has 0 aliphatic heterocycles. The summed E-state index contributed by atoms with van der Waals surface area (Å²) < 4.78 is 9.94. The first-order chi connectivity index (χ1) is 9.61. The number of fused-ring (bicyclic) bond motifs is 1. The van der Waals surface area contributed by atoms with E-state index >= 15 is 0 Å². The van der Waals surface area contributed by atoms with Gasteiger partial charge in [0, 0.05) is 0 Å². The minimum Gasteiger partial charge on any atom is -0.468 e. The second-order valence-electron chi connectivity index (χ2n) is 5.90. The van der Waals surface area contributed by atoms with Gasteiger partial charge in [-0.2, -0.15) is 0 Å². The van der Waals surface area contributed by atoms with Crippen LogP contribution in [0.4, 0.5) is 0 Å². The summed E-state index contributed by atoms with van der Waals surface area (Å²) in [6.45, 7) is 2.14. The summed E-state index contributed by atoms with van der Waals surface area (Å²) in [5.41, 5.74) is -1.10. The van der Waals surface area contributed by atoms with Gasteiger partial charge in [-0.15, -0.1) is 0 Å². The molecule has 2 aliphatic rings. The summed E-state index contributed by atoms with van der Waals surface area (Å²) >= 11 is 0. The number of hydrogen-bond donors (Lipinski definition) is 0. The van der Waals surface area contributed by atoms with E-state index in [4.69, 9.17) is 9.47 Å². The van der Waals surface area contributed by atoms with Crippen LogP contribution in [0.15, 0.2) is 12.2 Å². The lowest BCUT2D eigenvalue weighted by Crippen LogP contribution is -2.45. The van der Waals surface area contributed by atoms with E-state index in [1.165, 1.54) is 14.2 Å². The highest BCUT2D eigenvalue weighted by Crippen LogP contribution is 2.56. The van der Waals surface area contributed by atoms with Crippen LogP contribution in [0.2, 0.25) is 0 Å². The van der Waals surface area contributed by atoms with E-state index in [1.54, 1.807) is 0 Å². The minimum absolute atomic E-state index is 0.0175. The Balaban J connectivity index is 2.43. The third-order valence-corrected chi connectivity index (χ3v) is 4.99. The van der Waals surface area contributed by atoms with Crippen molar-refractivity contribution in [1.29, 1.82) is 0 Å². The molecule has 112 valence electrons. The molecule has 0 N–H and O–H groups in total. The molecule has 3 unspecified atom stereocenters. The standard InChI is InChI=1S/C16H24O4/c1-4-7-11-10-16(14(17)19-2,15(18)20-3)13-9-6-5-8-12(11)13/h5,8,11-13H,4,6-7,9-10H2,1-3H3. The molecule has 0 spiro atoms. The van der Waals surface area contributed by atoms with Crippen molar-refractivity contribution in [2.45, 2.75) is 39.0 Å². The normalized spacial score (nSPS) is 30.6. The molecule has 4 heteroatoms. The Kier molecular flexibility index (Phi) is 4.51. The summed E-state index contributed by atoms with van der Waals surface area (Å²) in [7, 11) is 2.71. The monoisotopic (exact) mass is 280 g/mol. The largest absolute Gasteiger partial charge is 0.468 e. The van der Waals surface area contributed by atoms with E-state index in [2.05, 4.69) is 19.1 Å². The summed E-state index contributed by atoms with van der Waals surface area (Å²) in [4.78, 5) is 24.8. The first kappa shape index (κ1) is 15.1. The molecule has 4 nitrogen and oxygen atoms in total. The maximum absolute atomic E-state index is 12.4. The second-order valence-corrected chi connectivity index (χ2v) is 5.90. The number of ether oxygens (including phenoxy) is 2. The maximum atomic E-state index is 12.4. The van der Waals surface area contributed by atoms with Crippen molar-refractivity contribution in [3.63, 3.8) is 0 Å². The zero-order valence-corrected chi connectivity index (χ0v) is 12.6. The molecule has 0 aromatic carbocycles. The number of carbonyl (C=O) groups excluding carboxylic acids is 2.